The standard InChI is InChI=1S/C73H129NO8/c1-3-5-7-9-11-13-15-17-19-21-23-25-27-29-31-32-33-34-35-37-38-40-42-44-46-48-50-52-54-56-58-60-62-67(76)66(65-81-73-72(80)71(79)70(78)68(64-75)82-73)74-69(77)63-61-59-57-55-53-51-49-47-45-43-41-39-36-30-28-26-24-22-20-18-16-14-12-10-8-6-4-2/h6,8,12,14,18,20,24,26,30,36,41,43,47,49,60,62,66-68,70-73,75-76,78-80H,3-5,7,9-11,13,15-17,19,21-23,25,27-29,31-35,37-40,42,44-46,48,50-59,61,63-65H2,1-2H3,(H,74,77)/b8-6-,14-12-,20-18-,26-24-,36-30-,43-41-,49-47-,62-60+. The summed E-state index contributed by atoms with van der Waals surface area (Å²) in [7, 11) is 0. The topological polar surface area (TPSA) is 149 Å². The molecule has 1 saturated heterocycles. The summed E-state index contributed by atoms with van der Waals surface area (Å²) in [6, 6.07) is -0.825. The molecule has 0 aliphatic carbocycles. The summed E-state index contributed by atoms with van der Waals surface area (Å²) < 4.78 is 11.3. The molecular formula is C73H129NO8. The lowest BCUT2D eigenvalue weighted by Crippen LogP contribution is -2.60. The minimum absolute atomic E-state index is 0.196. The van der Waals surface area contributed by atoms with Crippen molar-refractivity contribution in [1.82, 2.24) is 5.32 Å². The Labute approximate surface area is 504 Å². The molecule has 6 N–H and O–H groups in total. The molecule has 0 aromatic heterocycles. The quantitative estimate of drug-likeness (QED) is 0.0261. The molecule has 0 saturated carbocycles. The third-order valence-electron chi connectivity index (χ3n) is 15.9. The highest BCUT2D eigenvalue weighted by molar-refractivity contribution is 5.76. The molecular weight excluding hydrogens is 1020 g/mol. The largest absolute Gasteiger partial charge is 0.394 e. The van der Waals surface area contributed by atoms with E-state index in [0.29, 0.717) is 6.42 Å². The van der Waals surface area contributed by atoms with Gasteiger partial charge in [-0.05, 0) is 77.0 Å². The van der Waals surface area contributed by atoms with Crippen LogP contribution in [0.1, 0.15) is 303 Å². The van der Waals surface area contributed by atoms with Gasteiger partial charge in [0.1, 0.15) is 24.4 Å². The van der Waals surface area contributed by atoms with Gasteiger partial charge in [-0.2, -0.15) is 0 Å². The van der Waals surface area contributed by atoms with Gasteiger partial charge in [-0.15, -0.1) is 0 Å². The van der Waals surface area contributed by atoms with E-state index in [1.165, 1.54) is 180 Å². The lowest BCUT2D eigenvalue weighted by atomic mass is 9.99. The molecule has 1 aliphatic heterocycles. The molecule has 9 nitrogen and oxygen atoms in total. The molecule has 1 rings (SSSR count). The number of carbonyl (C=O) groups excluding carboxylic acids is 1. The van der Waals surface area contributed by atoms with E-state index in [4.69, 9.17) is 9.47 Å². The van der Waals surface area contributed by atoms with Crippen LogP contribution in [0.2, 0.25) is 0 Å². The van der Waals surface area contributed by atoms with Gasteiger partial charge in [0.15, 0.2) is 6.29 Å². The van der Waals surface area contributed by atoms with Gasteiger partial charge >= 0.3 is 0 Å². The van der Waals surface area contributed by atoms with E-state index < -0.39 is 49.5 Å². The first-order valence-electron chi connectivity index (χ1n) is 34.5. The van der Waals surface area contributed by atoms with Gasteiger partial charge in [0, 0.05) is 6.42 Å². The molecule has 0 radical (unpaired) electrons. The highest BCUT2D eigenvalue weighted by atomic mass is 16.7. The first-order chi connectivity index (χ1) is 40.3. The van der Waals surface area contributed by atoms with E-state index in [1.807, 2.05) is 6.08 Å². The zero-order valence-electron chi connectivity index (χ0n) is 53.0. The number of hydrogen-bond acceptors (Lipinski definition) is 8. The van der Waals surface area contributed by atoms with Crippen LogP contribution in [0.25, 0.3) is 0 Å². The van der Waals surface area contributed by atoms with Crippen molar-refractivity contribution in [2.45, 2.75) is 346 Å². The number of aliphatic hydroxyl groups excluding tert-OH is 5. The SMILES string of the molecule is CC/C=C\C/C=C\C/C=C\C/C=C\C/C=C\C/C=C\C/C=C\CCCCCCCC(=O)NC(COC1OC(CO)C(O)C(O)C1O)C(O)/C=C/CCCCCCCCCCCCCCCCCCCCCCCCCCCCCCCC. The summed E-state index contributed by atoms with van der Waals surface area (Å²) in [5.41, 5.74) is 0. The molecule has 7 unspecified atom stereocenters. The minimum atomic E-state index is -1.58. The summed E-state index contributed by atoms with van der Waals surface area (Å²) in [5, 5.41) is 54.7. The van der Waals surface area contributed by atoms with Crippen molar-refractivity contribution in [2.75, 3.05) is 13.2 Å². The van der Waals surface area contributed by atoms with Crippen LogP contribution in [0, 0.1) is 0 Å². The number of nitrogens with one attached hydrogen (secondary N) is 1. The second kappa shape index (κ2) is 61.2. The van der Waals surface area contributed by atoms with Gasteiger partial charge in [-0.1, -0.05) is 317 Å². The summed E-state index contributed by atoms with van der Waals surface area (Å²) >= 11 is 0. The van der Waals surface area contributed by atoms with Gasteiger partial charge in [-0.3, -0.25) is 4.79 Å². The lowest BCUT2D eigenvalue weighted by molar-refractivity contribution is -0.302. The number of aliphatic hydroxyl groups is 5. The second-order valence-electron chi connectivity index (χ2n) is 23.6. The molecule has 474 valence electrons. The molecule has 7 atom stereocenters. The summed E-state index contributed by atoms with van der Waals surface area (Å²) in [6.45, 7) is 3.68. The van der Waals surface area contributed by atoms with Crippen LogP contribution < -0.4 is 5.32 Å². The second-order valence-corrected chi connectivity index (χ2v) is 23.6. The van der Waals surface area contributed by atoms with Crippen LogP contribution in [0.15, 0.2) is 97.2 Å². The van der Waals surface area contributed by atoms with E-state index in [1.54, 1.807) is 6.08 Å². The predicted octanol–water partition coefficient (Wildman–Crippen LogP) is 18.7. The van der Waals surface area contributed by atoms with Crippen LogP contribution in [-0.2, 0) is 14.3 Å². The zero-order chi connectivity index (χ0) is 59.3. The van der Waals surface area contributed by atoms with E-state index in [9.17, 15) is 30.3 Å². The lowest BCUT2D eigenvalue weighted by Gasteiger charge is -2.40. The van der Waals surface area contributed by atoms with Gasteiger partial charge in [0.05, 0.1) is 25.4 Å². The molecule has 0 aromatic rings. The Morgan fingerprint density at radius 3 is 1.12 bits per heavy atom. The third kappa shape index (κ3) is 49.4. The molecule has 9 heteroatoms. The molecule has 1 fully saturated rings. The number of ether oxygens (including phenoxy) is 2. The maximum Gasteiger partial charge on any atom is 0.220 e. The third-order valence-corrected chi connectivity index (χ3v) is 15.9. The van der Waals surface area contributed by atoms with Crippen LogP contribution in [0.5, 0.6) is 0 Å². The van der Waals surface area contributed by atoms with E-state index in [2.05, 4.69) is 104 Å². The number of amides is 1. The summed E-state index contributed by atoms with van der Waals surface area (Å²) in [5.74, 6) is -0.196. The zero-order valence-corrected chi connectivity index (χ0v) is 53.0. The first-order valence-corrected chi connectivity index (χ1v) is 34.5. The Morgan fingerprint density at radius 1 is 0.427 bits per heavy atom. The minimum Gasteiger partial charge on any atom is -0.394 e. The maximum absolute atomic E-state index is 13.1. The van der Waals surface area contributed by atoms with Gasteiger partial charge < -0.3 is 40.3 Å². The fraction of sp³-hybridized carbons (Fsp3) is 0.767. The van der Waals surface area contributed by atoms with E-state index >= 15 is 0 Å². The monoisotopic (exact) mass is 1150 g/mol. The van der Waals surface area contributed by atoms with E-state index in [-0.39, 0.29) is 12.5 Å². The first kappa shape index (κ1) is 77.1. The number of hydrogen-bond donors (Lipinski definition) is 6. The molecule has 1 amide bonds. The molecule has 0 spiro atoms. The molecule has 82 heavy (non-hydrogen) atoms. The summed E-state index contributed by atoms with van der Waals surface area (Å²) in [4.78, 5) is 13.1. The highest BCUT2D eigenvalue weighted by Gasteiger charge is 2.44. The van der Waals surface area contributed by atoms with Crippen molar-refractivity contribution in [1.29, 1.82) is 0 Å². The van der Waals surface area contributed by atoms with Gasteiger partial charge in [-0.25, -0.2) is 0 Å². The van der Waals surface area contributed by atoms with E-state index in [0.717, 1.165) is 103 Å². The van der Waals surface area contributed by atoms with Gasteiger partial charge in [0.2, 0.25) is 5.91 Å². The van der Waals surface area contributed by atoms with Crippen molar-refractivity contribution in [2.24, 2.45) is 0 Å². The number of unbranched alkanes of at least 4 members (excludes halogenated alkanes) is 35. The van der Waals surface area contributed by atoms with Crippen molar-refractivity contribution in [3.8, 4) is 0 Å². The fourth-order valence-electron chi connectivity index (χ4n) is 10.6. The van der Waals surface area contributed by atoms with Gasteiger partial charge in [0.25, 0.3) is 0 Å². The van der Waals surface area contributed by atoms with Crippen LogP contribution >= 0.6 is 0 Å². The van der Waals surface area contributed by atoms with Crippen molar-refractivity contribution in [3.63, 3.8) is 0 Å². The number of rotatable bonds is 59. The van der Waals surface area contributed by atoms with Crippen LogP contribution in [0.4, 0.5) is 0 Å². The fourth-order valence-corrected chi connectivity index (χ4v) is 10.6. The maximum atomic E-state index is 13.1. The average Bonchev–Trinajstić information content (AvgIpc) is 3.53. The van der Waals surface area contributed by atoms with Crippen molar-refractivity contribution < 1.29 is 39.8 Å². The normalized spacial score (nSPS) is 18.9. The summed E-state index contributed by atoms with van der Waals surface area (Å²) in [6.07, 6.45) is 82.2. The van der Waals surface area contributed by atoms with Crippen LogP contribution in [0.3, 0.4) is 0 Å². The van der Waals surface area contributed by atoms with Crippen molar-refractivity contribution in [3.05, 3.63) is 97.2 Å². The highest BCUT2D eigenvalue weighted by Crippen LogP contribution is 2.23. The Balaban J connectivity index is 2.17. The Hall–Kier alpha value is -2.89. The van der Waals surface area contributed by atoms with Crippen molar-refractivity contribution >= 4 is 5.91 Å². The Morgan fingerprint density at radius 2 is 0.756 bits per heavy atom. The Kier molecular flexibility index (Phi) is 57.6. The predicted molar refractivity (Wildman–Crippen MR) is 350 cm³/mol. The smallest absolute Gasteiger partial charge is 0.220 e. The number of allylic oxidation sites excluding steroid dienone is 15. The number of carbonyl (C=O) groups is 1. The Bertz CT molecular complexity index is 1620. The average molecular weight is 1150 g/mol. The van der Waals surface area contributed by atoms with Crippen LogP contribution in [-0.4, -0.2) is 87.5 Å². The molecule has 1 heterocycles. The molecule has 0 bridgehead atoms. The molecule has 0 aromatic carbocycles. The molecule has 1 aliphatic rings.